The minimum atomic E-state index is -4.74. The summed E-state index contributed by atoms with van der Waals surface area (Å²) in [7, 11) is 0. The summed E-state index contributed by atoms with van der Waals surface area (Å²) < 4.78 is 44.1. The van der Waals surface area contributed by atoms with Crippen LogP contribution in [0.5, 0.6) is 0 Å². The molecule has 1 aromatic carbocycles. The summed E-state index contributed by atoms with van der Waals surface area (Å²) in [6.45, 7) is 1.04. The van der Waals surface area contributed by atoms with Crippen LogP contribution in [0.2, 0.25) is 0 Å². The van der Waals surface area contributed by atoms with E-state index in [1.54, 1.807) is 0 Å². The van der Waals surface area contributed by atoms with Gasteiger partial charge >= 0.3 is 23.2 Å². The average Bonchev–Trinajstić information content (AvgIpc) is 3.44. The Morgan fingerprint density at radius 2 is 1.66 bits per heavy atom. The number of hydrogen-bond acceptors (Lipinski definition) is 4. The van der Waals surface area contributed by atoms with E-state index in [9.17, 15) is 23.1 Å². The monoisotopic (exact) mass is 486 g/mol. The summed E-state index contributed by atoms with van der Waals surface area (Å²) in [5.41, 5.74) is -3.85. The quantitative estimate of drug-likeness (QED) is 0.601. The third-order valence-electron chi connectivity index (χ3n) is 4.13. The fourth-order valence-electron chi connectivity index (χ4n) is 2.48. The van der Waals surface area contributed by atoms with Gasteiger partial charge in [0.1, 0.15) is 0 Å². The van der Waals surface area contributed by atoms with Crippen LogP contribution in [0.15, 0.2) is 18.2 Å². The normalized spacial score (nSPS) is 18.0. The number of carbonyl (C=O) groups is 1. The fraction of sp³-hybridized carbons (Fsp3) is 0.217. The second-order valence-corrected chi connectivity index (χ2v) is 6.85. The topological polar surface area (TPSA) is 82.3 Å². The number of nitrogens with one attached hydrogen (secondary N) is 1. The van der Waals surface area contributed by atoms with Crippen LogP contribution in [0, 0.1) is 75.0 Å². The maximum Gasteiger partial charge on any atom is 2.00 e. The first-order valence-electron chi connectivity index (χ1n) is 9.23. The van der Waals surface area contributed by atoms with Gasteiger partial charge in [-0.2, -0.15) is 18.4 Å². The number of alkyl halides is 3. The molecule has 2 aliphatic rings. The molecule has 0 spiro atoms. The van der Waals surface area contributed by atoms with E-state index in [-0.39, 0.29) is 36.0 Å². The van der Waals surface area contributed by atoms with Crippen LogP contribution in [0.4, 0.5) is 18.9 Å². The minimum absolute atomic E-state index is 0. The molecule has 2 aliphatic carbocycles. The Bertz CT molecular complexity index is 761. The number of benzene rings is 1. The molecule has 1 amide bonds. The van der Waals surface area contributed by atoms with Gasteiger partial charge in [0.05, 0.1) is 30.4 Å². The van der Waals surface area contributed by atoms with E-state index < -0.39 is 28.8 Å². The Morgan fingerprint density at radius 1 is 1.09 bits per heavy atom. The van der Waals surface area contributed by atoms with Gasteiger partial charge in [-0.05, 0) is 82.9 Å². The Morgan fingerprint density at radius 3 is 2.16 bits per heavy atom. The standard InChI is InChI=1S/C18H16F3N2O3.C5H5.Fe/c1-17(25,11-26-10-12-4-2-3-5-12)16(24)23-14-7-6-13(9-22)15(8-14)18(19,20)21;1-2-4-5-3-1;/h2-8,25H,10-11H2,1H3,(H,23,24);1-5H;/q;;+2/t17-;;/m1../s1. The van der Waals surface area contributed by atoms with Crippen LogP contribution in [0.1, 0.15) is 18.1 Å². The third kappa shape index (κ3) is 9.11. The number of carbonyl (C=O) groups excluding carboxylic acids is 1. The molecule has 2 saturated carbocycles. The number of aliphatic hydroxyl groups is 1. The molecule has 5 nitrogen and oxygen atoms in total. The predicted octanol–water partition coefficient (Wildman–Crippen LogP) is 3.71. The summed E-state index contributed by atoms with van der Waals surface area (Å²) in [6, 6.07) is 4.22. The van der Waals surface area contributed by atoms with E-state index in [4.69, 9.17) is 10.00 Å². The molecule has 0 aromatic heterocycles. The number of rotatable bonds is 6. The van der Waals surface area contributed by atoms with Gasteiger partial charge in [0.15, 0.2) is 5.60 Å². The summed E-state index contributed by atoms with van der Waals surface area (Å²) in [5, 5.41) is 21.2. The molecule has 2 fully saturated rings. The molecule has 168 valence electrons. The maximum absolute atomic E-state index is 13.0. The SMILES string of the molecule is C[C@@](O)(COC[C]1[CH][CH][CH][CH]1)C(=O)Nc1ccc(C#N)c(C(F)(F)F)c1.[CH]1[CH][CH][CH][CH]1.[Fe+2]. The van der Waals surface area contributed by atoms with Crippen molar-refractivity contribution in [3.63, 3.8) is 0 Å². The van der Waals surface area contributed by atoms with Crippen LogP contribution in [-0.2, 0) is 32.8 Å². The summed E-state index contributed by atoms with van der Waals surface area (Å²) in [6.07, 6.45) is 12.5. The van der Waals surface area contributed by atoms with E-state index in [2.05, 4.69) is 5.32 Å². The van der Waals surface area contributed by atoms with E-state index in [0.29, 0.717) is 6.07 Å². The van der Waals surface area contributed by atoms with Gasteiger partial charge in [0.25, 0.3) is 5.91 Å². The van der Waals surface area contributed by atoms with Gasteiger partial charge in [0, 0.05) is 11.6 Å². The number of hydrogen-bond donors (Lipinski definition) is 2. The van der Waals surface area contributed by atoms with Crippen LogP contribution < -0.4 is 5.32 Å². The largest absolute Gasteiger partial charge is 2.00 e. The van der Waals surface area contributed by atoms with Gasteiger partial charge in [0.2, 0.25) is 0 Å². The molecule has 0 aliphatic heterocycles. The van der Waals surface area contributed by atoms with Crippen LogP contribution >= 0.6 is 0 Å². The fourth-order valence-corrected chi connectivity index (χ4v) is 2.48. The average molecular weight is 486 g/mol. The van der Waals surface area contributed by atoms with Crippen molar-refractivity contribution in [1.82, 2.24) is 0 Å². The molecule has 3 rings (SSSR count). The molecule has 0 unspecified atom stereocenters. The first-order valence-corrected chi connectivity index (χ1v) is 9.23. The summed E-state index contributed by atoms with van der Waals surface area (Å²) >= 11 is 0. The second kappa shape index (κ2) is 13.2. The first-order chi connectivity index (χ1) is 14.6. The van der Waals surface area contributed by atoms with Crippen molar-refractivity contribution >= 4 is 11.6 Å². The van der Waals surface area contributed by atoms with Crippen LogP contribution in [-0.4, -0.2) is 29.8 Å². The number of nitriles is 1. The maximum atomic E-state index is 13.0. The van der Waals surface area contributed by atoms with E-state index in [0.717, 1.165) is 18.1 Å². The number of ether oxygens (including phenoxy) is 1. The van der Waals surface area contributed by atoms with Gasteiger partial charge in [-0.25, -0.2) is 0 Å². The first kappa shape index (κ1) is 28.4. The zero-order chi connectivity index (χ0) is 22.9. The van der Waals surface area contributed by atoms with Crippen LogP contribution in [0.25, 0.3) is 0 Å². The molecule has 0 bridgehead atoms. The molecular formula is C23H21F3FeN2O3+2. The van der Waals surface area contributed by atoms with Crippen molar-refractivity contribution in [2.75, 3.05) is 18.5 Å². The Balaban J connectivity index is 0.000000750. The van der Waals surface area contributed by atoms with Crippen molar-refractivity contribution in [2.24, 2.45) is 0 Å². The van der Waals surface area contributed by atoms with Gasteiger partial charge in [-0.15, -0.1) is 0 Å². The van der Waals surface area contributed by atoms with Crippen molar-refractivity contribution in [1.29, 1.82) is 5.26 Å². The van der Waals surface area contributed by atoms with Crippen LogP contribution in [0.3, 0.4) is 0 Å². The molecule has 32 heavy (non-hydrogen) atoms. The van der Waals surface area contributed by atoms with E-state index >= 15 is 0 Å². The Hall–Kier alpha value is -1.59. The van der Waals surface area contributed by atoms with Crippen molar-refractivity contribution in [3.8, 4) is 6.07 Å². The number of nitrogens with zero attached hydrogens (tertiary/aromatic N) is 1. The number of amides is 1. The van der Waals surface area contributed by atoms with E-state index in [1.165, 1.54) is 13.0 Å². The van der Waals surface area contributed by atoms with Crippen molar-refractivity contribution < 1.29 is 44.9 Å². The predicted molar refractivity (Wildman–Crippen MR) is 108 cm³/mol. The Labute approximate surface area is 198 Å². The van der Waals surface area contributed by atoms with E-state index in [1.807, 2.05) is 57.8 Å². The summed E-state index contributed by atoms with van der Waals surface area (Å²) in [4.78, 5) is 12.2. The van der Waals surface area contributed by atoms with Crippen molar-refractivity contribution in [3.05, 3.63) is 93.0 Å². The minimum Gasteiger partial charge on any atom is -0.378 e. The number of anilines is 1. The van der Waals surface area contributed by atoms with Crippen molar-refractivity contribution in [2.45, 2.75) is 18.7 Å². The smallest absolute Gasteiger partial charge is 0.378 e. The summed E-state index contributed by atoms with van der Waals surface area (Å²) in [5.74, 6) is -0.0547. The van der Waals surface area contributed by atoms with Gasteiger partial charge < -0.3 is 15.2 Å². The molecule has 0 saturated heterocycles. The molecule has 1 atom stereocenters. The van der Waals surface area contributed by atoms with Gasteiger partial charge in [-0.3, -0.25) is 4.79 Å². The molecule has 1 aromatic rings. The zero-order valence-electron chi connectivity index (χ0n) is 17.0. The number of halogens is 3. The van der Waals surface area contributed by atoms with Gasteiger partial charge in [-0.1, -0.05) is 0 Å². The molecule has 2 N–H and O–H groups in total. The second-order valence-electron chi connectivity index (χ2n) is 6.85. The zero-order valence-corrected chi connectivity index (χ0v) is 18.1. The third-order valence-corrected chi connectivity index (χ3v) is 4.13. The molecule has 9 heteroatoms. The molecule has 10 radical (unpaired) electrons. The Kier molecular flexibility index (Phi) is 11.7. The molecule has 0 heterocycles. The molecular weight excluding hydrogens is 465 g/mol.